The van der Waals surface area contributed by atoms with E-state index >= 15 is 0 Å². The van der Waals surface area contributed by atoms with E-state index in [2.05, 4.69) is 10.2 Å². The minimum atomic E-state index is -1.13. The van der Waals surface area contributed by atoms with Crippen molar-refractivity contribution in [1.29, 1.82) is 0 Å². The highest BCUT2D eigenvalue weighted by atomic mass is 19.1. The molecule has 3 aromatic rings. The lowest BCUT2D eigenvalue weighted by Gasteiger charge is -2.44. The Bertz CT molecular complexity index is 1510. The third kappa shape index (κ3) is 4.29. The number of amides is 5. The molecule has 0 saturated carbocycles. The number of carbonyl (C=O) groups excluding carboxylic acids is 4. The van der Waals surface area contributed by atoms with Gasteiger partial charge < -0.3 is 9.80 Å². The molecule has 0 radical (unpaired) electrons. The van der Waals surface area contributed by atoms with E-state index < -0.39 is 29.3 Å². The van der Waals surface area contributed by atoms with Crippen LogP contribution in [0.4, 0.5) is 14.9 Å². The molecule has 2 aromatic carbocycles. The van der Waals surface area contributed by atoms with Gasteiger partial charge in [-0.15, -0.1) is 0 Å². The number of likely N-dealkylation sites (N-methyl/N-ethyl adjacent to an activating group) is 2. The minimum absolute atomic E-state index is 0.0816. The van der Waals surface area contributed by atoms with Gasteiger partial charge in [-0.05, 0) is 56.0 Å². The molecular formula is C29H33FN6O4. The number of fused-ring (bicyclic) bond motifs is 1. The summed E-state index contributed by atoms with van der Waals surface area (Å²) in [7, 11) is 2.99. The van der Waals surface area contributed by atoms with Gasteiger partial charge in [0.25, 0.3) is 11.8 Å². The monoisotopic (exact) mass is 548 g/mol. The second-order valence-electron chi connectivity index (χ2n) is 11.1. The number of piperidine rings is 1. The number of nitrogens with zero attached hydrogens (tertiary/aromatic N) is 5. The second-order valence-corrected chi connectivity index (χ2v) is 11.1. The molecule has 2 saturated heterocycles. The van der Waals surface area contributed by atoms with Gasteiger partial charge in [0.15, 0.2) is 0 Å². The maximum atomic E-state index is 14.5. The van der Waals surface area contributed by atoms with Crippen LogP contribution in [0.25, 0.3) is 10.9 Å². The lowest BCUT2D eigenvalue weighted by Crippen LogP contribution is -2.60. The van der Waals surface area contributed by atoms with E-state index in [4.69, 9.17) is 0 Å². The zero-order chi connectivity index (χ0) is 28.9. The van der Waals surface area contributed by atoms with Gasteiger partial charge in [0.1, 0.15) is 17.4 Å². The number of urea groups is 1. The highest BCUT2D eigenvalue weighted by molar-refractivity contribution is 6.17. The predicted molar refractivity (Wildman–Crippen MR) is 147 cm³/mol. The van der Waals surface area contributed by atoms with Crippen molar-refractivity contribution in [1.82, 2.24) is 24.9 Å². The maximum absolute atomic E-state index is 14.5. The van der Waals surface area contributed by atoms with Crippen molar-refractivity contribution in [3.8, 4) is 0 Å². The van der Waals surface area contributed by atoms with E-state index in [0.717, 1.165) is 21.4 Å². The number of likely N-dealkylation sites (tertiary alicyclic amines) is 1. The van der Waals surface area contributed by atoms with Crippen molar-refractivity contribution in [2.24, 2.45) is 5.92 Å². The van der Waals surface area contributed by atoms with E-state index in [1.54, 1.807) is 35.1 Å². The standard InChI is InChI=1S/C29H33FN6O4/c1-17(2)24(33(4)25(37)21-14-18(3)6-8-22(21)30)26(38)35-12-10-29(11-13-35)27(39)34(5)28(40)36(29)20-7-9-23-19(15-20)16-31-32-23/h6-9,14-17,24H,10-13H2,1-5H3,(H,31,32)/t24-/m1/s1. The molecule has 5 rings (SSSR count). The fraction of sp³-hybridized carbons (Fsp3) is 0.414. The zero-order valence-electron chi connectivity index (χ0n) is 23.3. The molecule has 2 aliphatic heterocycles. The highest BCUT2D eigenvalue weighted by Crippen LogP contribution is 2.41. The van der Waals surface area contributed by atoms with Gasteiger partial charge in [0.2, 0.25) is 5.91 Å². The molecule has 0 unspecified atom stereocenters. The minimum Gasteiger partial charge on any atom is -0.341 e. The molecule has 11 heteroatoms. The Morgan fingerprint density at radius 2 is 1.80 bits per heavy atom. The van der Waals surface area contributed by atoms with Gasteiger partial charge in [-0.25, -0.2) is 9.18 Å². The lowest BCUT2D eigenvalue weighted by molar-refractivity contribution is -0.141. The topological polar surface area (TPSA) is 110 Å². The molecule has 2 aliphatic rings. The molecule has 3 heterocycles. The van der Waals surface area contributed by atoms with Crippen molar-refractivity contribution in [3.63, 3.8) is 0 Å². The molecule has 10 nitrogen and oxygen atoms in total. The SMILES string of the molecule is Cc1ccc(F)c(C(=O)N(C)[C@@H](C(=O)N2CCC3(CC2)C(=O)N(C)C(=O)N3c2ccc3[nH]ncc3c2)C(C)C)c1. The molecule has 0 aliphatic carbocycles. The second kappa shape index (κ2) is 10.0. The van der Waals surface area contributed by atoms with Gasteiger partial charge in [0.05, 0.1) is 17.3 Å². The Morgan fingerprint density at radius 3 is 2.48 bits per heavy atom. The fourth-order valence-corrected chi connectivity index (χ4v) is 5.99. The number of hydrogen-bond acceptors (Lipinski definition) is 5. The van der Waals surface area contributed by atoms with Crippen LogP contribution in [0.15, 0.2) is 42.6 Å². The maximum Gasteiger partial charge on any atom is 0.331 e. The van der Waals surface area contributed by atoms with Crippen LogP contribution in [-0.4, -0.2) is 87.4 Å². The quantitative estimate of drug-likeness (QED) is 0.491. The number of hydrogen-bond donors (Lipinski definition) is 1. The van der Waals surface area contributed by atoms with Gasteiger partial charge in [-0.1, -0.05) is 25.5 Å². The average Bonchev–Trinajstić information content (AvgIpc) is 3.47. The molecular weight excluding hydrogens is 515 g/mol. The zero-order valence-corrected chi connectivity index (χ0v) is 23.3. The lowest BCUT2D eigenvalue weighted by atomic mass is 9.84. The van der Waals surface area contributed by atoms with Gasteiger partial charge >= 0.3 is 6.03 Å². The third-order valence-electron chi connectivity index (χ3n) is 8.17. The highest BCUT2D eigenvalue weighted by Gasteiger charge is 2.58. The van der Waals surface area contributed by atoms with Crippen LogP contribution >= 0.6 is 0 Å². The molecule has 5 amide bonds. The first-order valence-electron chi connectivity index (χ1n) is 13.3. The van der Waals surface area contributed by atoms with Crippen molar-refractivity contribution in [2.45, 2.75) is 45.2 Å². The van der Waals surface area contributed by atoms with E-state index in [0.29, 0.717) is 5.69 Å². The van der Waals surface area contributed by atoms with Crippen LogP contribution in [0.2, 0.25) is 0 Å². The smallest absolute Gasteiger partial charge is 0.331 e. The summed E-state index contributed by atoms with van der Waals surface area (Å²) in [6, 6.07) is 8.49. The number of nitrogens with one attached hydrogen (secondary N) is 1. The predicted octanol–water partition coefficient (Wildman–Crippen LogP) is 3.57. The van der Waals surface area contributed by atoms with Crippen LogP contribution < -0.4 is 4.90 Å². The van der Waals surface area contributed by atoms with E-state index in [1.165, 1.54) is 31.1 Å². The molecule has 1 aromatic heterocycles. The summed E-state index contributed by atoms with van der Waals surface area (Å²) in [5.41, 5.74) is 0.932. The summed E-state index contributed by atoms with van der Waals surface area (Å²) in [6.07, 6.45) is 2.14. The number of imide groups is 1. The first-order chi connectivity index (χ1) is 19.0. The number of carbonyl (C=O) groups is 4. The first kappa shape index (κ1) is 27.3. The van der Waals surface area contributed by atoms with Gasteiger partial charge in [-0.3, -0.25) is 29.3 Å². The number of rotatable bonds is 5. The number of anilines is 1. The van der Waals surface area contributed by atoms with Gasteiger partial charge in [0, 0.05) is 38.3 Å². The number of aromatic amines is 1. The summed E-state index contributed by atoms with van der Waals surface area (Å²) < 4.78 is 14.5. The summed E-state index contributed by atoms with van der Waals surface area (Å²) in [4.78, 5) is 59.4. The normalized spacial score (nSPS) is 17.8. The summed E-state index contributed by atoms with van der Waals surface area (Å²) >= 11 is 0. The number of benzene rings is 2. The van der Waals surface area contributed by atoms with Gasteiger partial charge in [-0.2, -0.15) is 5.10 Å². The van der Waals surface area contributed by atoms with Crippen molar-refractivity contribution in [2.75, 3.05) is 32.1 Å². The van der Waals surface area contributed by atoms with Crippen LogP contribution in [0.5, 0.6) is 0 Å². The molecule has 210 valence electrons. The number of halogens is 1. The average molecular weight is 549 g/mol. The Hall–Kier alpha value is -4.28. The Morgan fingerprint density at radius 1 is 1.10 bits per heavy atom. The first-order valence-corrected chi connectivity index (χ1v) is 13.3. The van der Waals surface area contributed by atoms with Crippen LogP contribution in [0, 0.1) is 18.7 Å². The molecule has 40 heavy (non-hydrogen) atoms. The molecule has 2 fully saturated rings. The Kier molecular flexibility index (Phi) is 6.85. The van der Waals surface area contributed by atoms with Crippen LogP contribution in [-0.2, 0) is 9.59 Å². The van der Waals surface area contributed by atoms with Crippen molar-refractivity contribution in [3.05, 3.63) is 59.5 Å². The molecule has 0 bridgehead atoms. The molecule has 1 N–H and O–H groups in total. The summed E-state index contributed by atoms with van der Waals surface area (Å²) in [6.45, 7) is 5.90. The van der Waals surface area contributed by atoms with Crippen LogP contribution in [0.3, 0.4) is 0 Å². The molecule has 1 spiro atoms. The largest absolute Gasteiger partial charge is 0.341 e. The van der Waals surface area contributed by atoms with Crippen LogP contribution in [0.1, 0.15) is 42.6 Å². The van der Waals surface area contributed by atoms with E-state index in [1.807, 2.05) is 26.0 Å². The summed E-state index contributed by atoms with van der Waals surface area (Å²) in [5.74, 6) is -2.03. The third-order valence-corrected chi connectivity index (χ3v) is 8.17. The number of aromatic nitrogens is 2. The van der Waals surface area contributed by atoms with E-state index in [-0.39, 0.29) is 49.2 Å². The summed E-state index contributed by atoms with van der Waals surface area (Å²) in [5, 5.41) is 7.74. The Labute approximate surface area is 231 Å². The number of H-pyrrole nitrogens is 1. The number of aryl methyl sites for hydroxylation is 1. The van der Waals surface area contributed by atoms with E-state index in [9.17, 15) is 23.6 Å². The fourth-order valence-electron chi connectivity index (χ4n) is 5.99. The van der Waals surface area contributed by atoms with Crippen molar-refractivity contribution >= 4 is 40.3 Å². The van der Waals surface area contributed by atoms with Crippen molar-refractivity contribution < 1.29 is 23.6 Å². The molecule has 1 atom stereocenters. The Balaban J connectivity index is 1.38.